The Balaban J connectivity index is 2.99. The van der Waals surface area contributed by atoms with E-state index in [1.54, 1.807) is 0 Å². The first-order valence-electron chi connectivity index (χ1n) is 5.41. The fraction of sp³-hybridized carbons (Fsp3) is 0.364. The average Bonchev–Trinajstić information content (AvgIpc) is 2.28. The first-order chi connectivity index (χ1) is 8.38. The van der Waals surface area contributed by atoms with Crippen molar-refractivity contribution in [1.82, 2.24) is 4.72 Å². The highest BCUT2D eigenvalue weighted by Crippen LogP contribution is 2.23. The van der Waals surface area contributed by atoms with Gasteiger partial charge in [0.25, 0.3) is 0 Å². The minimum absolute atomic E-state index is 0.0365. The summed E-state index contributed by atoms with van der Waals surface area (Å²) < 4.78 is 26.5. The van der Waals surface area contributed by atoms with Crippen LogP contribution in [0.4, 0.5) is 0 Å². The van der Waals surface area contributed by atoms with Crippen LogP contribution in [0.1, 0.15) is 30.1 Å². The van der Waals surface area contributed by atoms with Crippen molar-refractivity contribution in [2.24, 2.45) is 0 Å². The third-order valence-electron chi connectivity index (χ3n) is 2.29. The Morgan fingerprint density at radius 3 is 2.61 bits per heavy atom. The normalized spacial score (nSPS) is 11.4. The molecule has 0 aromatic heterocycles. The molecule has 0 spiro atoms. The number of hydrogen-bond donors (Lipinski definition) is 2. The van der Waals surface area contributed by atoms with Gasteiger partial charge in [-0.1, -0.05) is 13.3 Å². The molecule has 2 N–H and O–H groups in total. The zero-order valence-corrected chi connectivity index (χ0v) is 12.2. The van der Waals surface area contributed by atoms with Gasteiger partial charge in [0.05, 0.1) is 10.5 Å². The van der Waals surface area contributed by atoms with E-state index in [9.17, 15) is 13.2 Å². The van der Waals surface area contributed by atoms with Gasteiger partial charge < -0.3 is 5.11 Å². The van der Waals surface area contributed by atoms with Gasteiger partial charge in [0.1, 0.15) is 0 Å². The zero-order chi connectivity index (χ0) is 13.8. The minimum Gasteiger partial charge on any atom is -0.478 e. The van der Waals surface area contributed by atoms with Gasteiger partial charge in [0.2, 0.25) is 10.0 Å². The van der Waals surface area contributed by atoms with Crippen molar-refractivity contribution in [2.75, 3.05) is 6.54 Å². The predicted octanol–water partition coefficient (Wildman–Crippen LogP) is 2.23. The molecular formula is C11H14BrNO4S. The fourth-order valence-electron chi connectivity index (χ4n) is 1.31. The molecule has 1 aromatic rings. The highest BCUT2D eigenvalue weighted by atomic mass is 79.9. The Morgan fingerprint density at radius 1 is 1.44 bits per heavy atom. The van der Waals surface area contributed by atoms with E-state index in [4.69, 9.17) is 5.11 Å². The van der Waals surface area contributed by atoms with E-state index in [-0.39, 0.29) is 14.9 Å². The molecule has 100 valence electrons. The lowest BCUT2D eigenvalue weighted by molar-refractivity contribution is 0.0696. The zero-order valence-electron chi connectivity index (χ0n) is 9.81. The molecule has 0 saturated heterocycles. The van der Waals surface area contributed by atoms with Crippen molar-refractivity contribution >= 4 is 31.9 Å². The molecule has 18 heavy (non-hydrogen) atoms. The van der Waals surface area contributed by atoms with Crippen LogP contribution in [-0.4, -0.2) is 26.0 Å². The molecule has 0 heterocycles. The second-order valence-corrected chi connectivity index (χ2v) is 6.29. The maximum absolute atomic E-state index is 11.9. The first-order valence-corrected chi connectivity index (χ1v) is 7.68. The van der Waals surface area contributed by atoms with Gasteiger partial charge in [0, 0.05) is 11.0 Å². The van der Waals surface area contributed by atoms with Crippen molar-refractivity contribution in [2.45, 2.75) is 24.7 Å². The SMILES string of the molecule is CCCCNS(=O)(=O)c1ccc(C(=O)O)cc1Br. The quantitative estimate of drug-likeness (QED) is 0.781. The second-order valence-electron chi connectivity index (χ2n) is 3.70. The van der Waals surface area contributed by atoms with Crippen LogP contribution in [0.3, 0.4) is 0 Å². The smallest absolute Gasteiger partial charge is 0.335 e. The summed E-state index contributed by atoms with van der Waals surface area (Å²) in [5, 5.41) is 8.79. The molecule has 1 aromatic carbocycles. The molecule has 0 radical (unpaired) electrons. The molecule has 0 fully saturated rings. The summed E-state index contributed by atoms with van der Waals surface area (Å²) in [4.78, 5) is 10.8. The van der Waals surface area contributed by atoms with Crippen molar-refractivity contribution in [3.05, 3.63) is 28.2 Å². The molecule has 0 atom stereocenters. The van der Waals surface area contributed by atoms with Crippen molar-refractivity contribution in [3.8, 4) is 0 Å². The van der Waals surface area contributed by atoms with E-state index in [0.29, 0.717) is 6.54 Å². The summed E-state index contributed by atoms with van der Waals surface area (Å²) in [6, 6.07) is 3.82. The van der Waals surface area contributed by atoms with Crippen LogP contribution in [-0.2, 0) is 10.0 Å². The van der Waals surface area contributed by atoms with Crippen LogP contribution in [0.5, 0.6) is 0 Å². The highest BCUT2D eigenvalue weighted by molar-refractivity contribution is 9.10. The van der Waals surface area contributed by atoms with Gasteiger partial charge in [-0.15, -0.1) is 0 Å². The number of nitrogens with one attached hydrogen (secondary N) is 1. The first kappa shape index (κ1) is 15.1. The molecule has 7 heteroatoms. The van der Waals surface area contributed by atoms with E-state index < -0.39 is 16.0 Å². The van der Waals surface area contributed by atoms with Crippen LogP contribution >= 0.6 is 15.9 Å². The van der Waals surface area contributed by atoms with E-state index in [0.717, 1.165) is 12.8 Å². The van der Waals surface area contributed by atoms with E-state index in [1.807, 2.05) is 6.92 Å². The molecule has 0 aliphatic heterocycles. The summed E-state index contributed by atoms with van der Waals surface area (Å²) in [5.41, 5.74) is 0.0365. The topological polar surface area (TPSA) is 83.5 Å². The van der Waals surface area contributed by atoms with E-state index >= 15 is 0 Å². The largest absolute Gasteiger partial charge is 0.478 e. The second kappa shape index (κ2) is 6.31. The Labute approximate surface area is 114 Å². The standard InChI is InChI=1S/C11H14BrNO4S/c1-2-3-6-13-18(16,17)10-5-4-8(11(14)15)7-9(10)12/h4-5,7,13H,2-3,6H2,1H3,(H,14,15). The van der Waals surface area contributed by atoms with Crippen molar-refractivity contribution in [3.63, 3.8) is 0 Å². The number of sulfonamides is 1. The third kappa shape index (κ3) is 3.79. The van der Waals surface area contributed by atoms with Crippen LogP contribution in [0, 0.1) is 0 Å². The Morgan fingerprint density at radius 2 is 2.11 bits per heavy atom. The number of rotatable bonds is 6. The van der Waals surface area contributed by atoms with E-state index in [1.165, 1.54) is 18.2 Å². The highest BCUT2D eigenvalue weighted by Gasteiger charge is 2.18. The lowest BCUT2D eigenvalue weighted by Crippen LogP contribution is -2.25. The number of unbranched alkanes of at least 4 members (excludes halogenated alkanes) is 1. The van der Waals surface area contributed by atoms with E-state index in [2.05, 4.69) is 20.7 Å². The maximum atomic E-state index is 11.9. The number of carboxylic acids is 1. The Bertz CT molecular complexity index is 542. The summed E-state index contributed by atoms with van der Waals surface area (Å²) in [5.74, 6) is -1.10. The summed E-state index contributed by atoms with van der Waals surface area (Å²) >= 11 is 3.08. The Hall–Kier alpha value is -0.920. The number of aromatic carboxylic acids is 1. The fourth-order valence-corrected chi connectivity index (χ4v) is 3.46. The Kier molecular flexibility index (Phi) is 5.30. The van der Waals surface area contributed by atoms with Gasteiger partial charge in [0.15, 0.2) is 0 Å². The molecule has 5 nitrogen and oxygen atoms in total. The van der Waals surface area contributed by atoms with Gasteiger partial charge in [-0.3, -0.25) is 0 Å². The molecular weight excluding hydrogens is 322 g/mol. The van der Waals surface area contributed by atoms with Crippen LogP contribution in [0.15, 0.2) is 27.6 Å². The van der Waals surface area contributed by atoms with Crippen molar-refractivity contribution in [1.29, 1.82) is 0 Å². The number of carboxylic acid groups (broad SMARTS) is 1. The summed E-state index contributed by atoms with van der Waals surface area (Å²) in [6.45, 7) is 2.33. The van der Waals surface area contributed by atoms with Crippen molar-refractivity contribution < 1.29 is 18.3 Å². The summed E-state index contributed by atoms with van der Waals surface area (Å²) in [7, 11) is -3.60. The molecule has 0 amide bonds. The molecule has 0 aliphatic rings. The third-order valence-corrected chi connectivity index (χ3v) is 4.73. The molecule has 0 saturated carbocycles. The van der Waals surface area contributed by atoms with Gasteiger partial charge in [-0.2, -0.15) is 0 Å². The number of benzene rings is 1. The van der Waals surface area contributed by atoms with Crippen LogP contribution in [0.25, 0.3) is 0 Å². The lowest BCUT2D eigenvalue weighted by atomic mass is 10.2. The molecule has 1 rings (SSSR count). The number of halogens is 1. The average molecular weight is 336 g/mol. The van der Waals surface area contributed by atoms with Crippen LogP contribution in [0.2, 0.25) is 0 Å². The van der Waals surface area contributed by atoms with Gasteiger partial charge >= 0.3 is 5.97 Å². The molecule has 0 aliphatic carbocycles. The number of hydrogen-bond acceptors (Lipinski definition) is 3. The number of carbonyl (C=O) groups is 1. The maximum Gasteiger partial charge on any atom is 0.335 e. The van der Waals surface area contributed by atoms with Gasteiger partial charge in [-0.05, 0) is 40.5 Å². The predicted molar refractivity (Wildman–Crippen MR) is 71.2 cm³/mol. The van der Waals surface area contributed by atoms with Gasteiger partial charge in [-0.25, -0.2) is 17.9 Å². The molecule has 0 unspecified atom stereocenters. The molecule has 0 bridgehead atoms. The minimum atomic E-state index is -3.60. The summed E-state index contributed by atoms with van der Waals surface area (Å²) in [6.07, 6.45) is 1.64. The van der Waals surface area contributed by atoms with Crippen LogP contribution < -0.4 is 4.72 Å². The monoisotopic (exact) mass is 335 g/mol. The lowest BCUT2D eigenvalue weighted by Gasteiger charge is -2.08.